The van der Waals surface area contributed by atoms with E-state index in [-0.39, 0.29) is 5.75 Å². The standard InChI is InChI=1S/C8H5ClF2O/c9-7(10)8(11)12-6-4-2-1-3-5-6/h1-5H. The molecule has 1 aromatic rings. The molecular weight excluding hydrogens is 186 g/mol. The van der Waals surface area contributed by atoms with Crippen LogP contribution >= 0.6 is 11.6 Å². The zero-order valence-electron chi connectivity index (χ0n) is 5.93. The molecule has 0 saturated heterocycles. The average Bonchev–Trinajstić information content (AvgIpc) is 2.06. The molecule has 0 radical (unpaired) electrons. The zero-order chi connectivity index (χ0) is 8.97. The molecule has 0 aromatic heterocycles. The fourth-order valence-electron chi connectivity index (χ4n) is 0.631. The molecule has 0 spiro atoms. The second-order valence-electron chi connectivity index (χ2n) is 1.95. The summed E-state index contributed by atoms with van der Waals surface area (Å²) >= 11 is 4.69. The lowest BCUT2D eigenvalue weighted by Crippen LogP contribution is -1.89. The predicted molar refractivity (Wildman–Crippen MR) is 42.2 cm³/mol. The molecule has 0 amide bonds. The topological polar surface area (TPSA) is 9.23 Å². The molecule has 1 nitrogen and oxygen atoms in total. The lowest BCUT2D eigenvalue weighted by atomic mass is 10.3. The number of halogens is 3. The van der Waals surface area contributed by atoms with Gasteiger partial charge in [0.2, 0.25) is 0 Å². The summed E-state index contributed by atoms with van der Waals surface area (Å²) in [5.41, 5.74) is 0. The Bertz CT molecular complexity index is 280. The number of benzene rings is 1. The Morgan fingerprint density at radius 2 is 1.75 bits per heavy atom. The van der Waals surface area contributed by atoms with Gasteiger partial charge in [0.25, 0.3) is 5.29 Å². The largest absolute Gasteiger partial charge is 0.429 e. The summed E-state index contributed by atoms with van der Waals surface area (Å²) in [6.45, 7) is 0. The molecule has 0 aliphatic carbocycles. The fourth-order valence-corrected chi connectivity index (χ4v) is 0.669. The van der Waals surface area contributed by atoms with E-state index in [1.165, 1.54) is 12.1 Å². The van der Waals surface area contributed by atoms with E-state index in [1.54, 1.807) is 18.2 Å². The van der Waals surface area contributed by atoms with Gasteiger partial charge in [0.05, 0.1) is 0 Å². The summed E-state index contributed by atoms with van der Waals surface area (Å²) in [7, 11) is 0. The van der Waals surface area contributed by atoms with Crippen LogP contribution in [-0.4, -0.2) is 0 Å². The number of hydrogen-bond acceptors (Lipinski definition) is 1. The van der Waals surface area contributed by atoms with Crippen molar-refractivity contribution in [1.29, 1.82) is 0 Å². The number of ether oxygens (including phenoxy) is 1. The Hall–Kier alpha value is -1.09. The molecule has 0 N–H and O–H groups in total. The normalized spacial score (nSPS) is 12.2. The van der Waals surface area contributed by atoms with Crippen molar-refractivity contribution in [2.24, 2.45) is 0 Å². The highest BCUT2D eigenvalue weighted by atomic mass is 35.5. The quantitative estimate of drug-likeness (QED) is 0.650. The molecule has 1 aromatic carbocycles. The number of rotatable bonds is 2. The zero-order valence-corrected chi connectivity index (χ0v) is 6.68. The Labute approximate surface area is 73.2 Å². The highest BCUT2D eigenvalue weighted by Gasteiger charge is 2.04. The SMILES string of the molecule is FC(Cl)=C(F)Oc1ccccc1. The van der Waals surface area contributed by atoms with Gasteiger partial charge < -0.3 is 4.74 Å². The Balaban J connectivity index is 2.72. The van der Waals surface area contributed by atoms with E-state index in [0.29, 0.717) is 0 Å². The lowest BCUT2D eigenvalue weighted by Gasteiger charge is -2.00. The van der Waals surface area contributed by atoms with Crippen LogP contribution in [-0.2, 0) is 0 Å². The maximum atomic E-state index is 12.4. The van der Waals surface area contributed by atoms with Crippen LogP contribution in [0.3, 0.4) is 0 Å². The van der Waals surface area contributed by atoms with Crippen molar-refractivity contribution in [2.75, 3.05) is 0 Å². The molecule has 64 valence electrons. The van der Waals surface area contributed by atoms with Crippen LogP contribution in [0, 0.1) is 0 Å². The third-order valence-electron chi connectivity index (χ3n) is 1.10. The van der Waals surface area contributed by atoms with E-state index in [1.807, 2.05) is 0 Å². The van der Waals surface area contributed by atoms with Gasteiger partial charge in [-0.1, -0.05) is 18.2 Å². The van der Waals surface area contributed by atoms with E-state index in [0.717, 1.165) is 0 Å². The van der Waals surface area contributed by atoms with Gasteiger partial charge in [-0.15, -0.1) is 0 Å². The van der Waals surface area contributed by atoms with Crippen molar-refractivity contribution in [1.82, 2.24) is 0 Å². The molecule has 0 heterocycles. The van der Waals surface area contributed by atoms with Gasteiger partial charge in [-0.05, 0) is 23.7 Å². The molecule has 0 saturated carbocycles. The van der Waals surface area contributed by atoms with Crippen molar-refractivity contribution in [3.05, 3.63) is 41.6 Å². The Morgan fingerprint density at radius 3 is 2.25 bits per heavy atom. The van der Waals surface area contributed by atoms with Crippen LogP contribution in [0.1, 0.15) is 0 Å². The van der Waals surface area contributed by atoms with Crippen molar-refractivity contribution in [2.45, 2.75) is 0 Å². The summed E-state index contributed by atoms with van der Waals surface area (Å²) in [4.78, 5) is 0. The number of para-hydroxylation sites is 1. The molecule has 0 bridgehead atoms. The van der Waals surface area contributed by atoms with Crippen LogP contribution in [0.5, 0.6) is 5.75 Å². The van der Waals surface area contributed by atoms with Gasteiger partial charge >= 0.3 is 6.01 Å². The van der Waals surface area contributed by atoms with Crippen LogP contribution in [0.2, 0.25) is 0 Å². The first-order chi connectivity index (χ1) is 5.70. The molecule has 0 aliphatic heterocycles. The third kappa shape index (κ3) is 2.51. The van der Waals surface area contributed by atoms with Crippen molar-refractivity contribution in [3.8, 4) is 5.75 Å². The highest BCUT2D eigenvalue weighted by molar-refractivity contribution is 6.28. The smallest absolute Gasteiger partial charge is 0.326 e. The number of hydrogen-bond donors (Lipinski definition) is 0. The first kappa shape index (κ1) is 9.00. The molecule has 0 atom stereocenters. The van der Waals surface area contributed by atoms with Crippen LogP contribution in [0.25, 0.3) is 0 Å². The monoisotopic (exact) mass is 190 g/mol. The van der Waals surface area contributed by atoms with E-state index in [9.17, 15) is 8.78 Å². The Kier molecular flexibility index (Phi) is 3.05. The van der Waals surface area contributed by atoms with Crippen LogP contribution in [0.15, 0.2) is 41.6 Å². The predicted octanol–water partition coefficient (Wildman–Crippen LogP) is 3.37. The van der Waals surface area contributed by atoms with Gasteiger partial charge in [0.1, 0.15) is 5.75 Å². The van der Waals surface area contributed by atoms with Crippen LogP contribution < -0.4 is 4.74 Å². The lowest BCUT2D eigenvalue weighted by molar-refractivity contribution is 0.285. The third-order valence-corrected chi connectivity index (χ3v) is 1.25. The Morgan fingerprint density at radius 1 is 1.17 bits per heavy atom. The van der Waals surface area contributed by atoms with Gasteiger partial charge in [-0.3, -0.25) is 0 Å². The molecule has 12 heavy (non-hydrogen) atoms. The van der Waals surface area contributed by atoms with E-state index in [2.05, 4.69) is 4.74 Å². The first-order valence-electron chi connectivity index (χ1n) is 3.14. The molecular formula is C8H5ClF2O. The van der Waals surface area contributed by atoms with Gasteiger partial charge in [0.15, 0.2) is 0 Å². The van der Waals surface area contributed by atoms with Gasteiger partial charge in [-0.25, -0.2) is 0 Å². The van der Waals surface area contributed by atoms with Gasteiger partial charge in [0, 0.05) is 0 Å². The molecule has 4 heteroatoms. The minimum Gasteiger partial charge on any atom is -0.429 e. The van der Waals surface area contributed by atoms with Gasteiger partial charge in [-0.2, -0.15) is 8.78 Å². The summed E-state index contributed by atoms with van der Waals surface area (Å²) in [6, 6.07) is 6.54. The summed E-state index contributed by atoms with van der Waals surface area (Å²) in [6.07, 6.45) is 0. The molecule has 0 fully saturated rings. The molecule has 0 aliphatic rings. The summed E-state index contributed by atoms with van der Waals surface area (Å²) in [5.74, 6) is 0.200. The average molecular weight is 191 g/mol. The molecule has 1 rings (SSSR count). The van der Waals surface area contributed by atoms with E-state index >= 15 is 0 Å². The second-order valence-corrected chi connectivity index (χ2v) is 2.28. The maximum Gasteiger partial charge on any atom is 0.326 e. The van der Waals surface area contributed by atoms with E-state index in [4.69, 9.17) is 11.6 Å². The summed E-state index contributed by atoms with van der Waals surface area (Å²) < 4.78 is 28.7. The minimum atomic E-state index is -1.49. The second kappa shape index (κ2) is 4.07. The van der Waals surface area contributed by atoms with Crippen molar-refractivity contribution < 1.29 is 13.5 Å². The first-order valence-corrected chi connectivity index (χ1v) is 3.51. The fraction of sp³-hybridized carbons (Fsp3) is 0. The minimum absolute atomic E-state index is 0.200. The maximum absolute atomic E-state index is 12.4. The van der Waals surface area contributed by atoms with Crippen molar-refractivity contribution in [3.63, 3.8) is 0 Å². The van der Waals surface area contributed by atoms with Crippen molar-refractivity contribution >= 4 is 11.6 Å². The van der Waals surface area contributed by atoms with Crippen LogP contribution in [0.4, 0.5) is 8.78 Å². The molecule has 0 unspecified atom stereocenters. The van der Waals surface area contributed by atoms with E-state index < -0.39 is 11.3 Å². The highest BCUT2D eigenvalue weighted by Crippen LogP contribution is 2.18. The summed E-state index contributed by atoms with van der Waals surface area (Å²) in [5, 5.41) is -1.49.